The standard InChI is InChI=1S/C23H25N3O3/c1-13-11-14(2)24-15(3)20(13)25-21(27)16-9-10-18-19(12-16)23(29)26(22(18)28)17-7-5-4-6-8-17/h9-12,17H,4-8H2,1-3H3,(H,25,27). The van der Waals surface area contributed by atoms with Gasteiger partial charge in [0.1, 0.15) is 0 Å². The summed E-state index contributed by atoms with van der Waals surface area (Å²) in [6.07, 6.45) is 4.94. The van der Waals surface area contributed by atoms with E-state index in [4.69, 9.17) is 0 Å². The lowest BCUT2D eigenvalue weighted by atomic mass is 9.94. The Kier molecular flexibility index (Phi) is 4.94. The number of anilines is 1. The van der Waals surface area contributed by atoms with Crippen molar-refractivity contribution in [2.75, 3.05) is 5.32 Å². The SMILES string of the molecule is Cc1cc(C)c(NC(=O)c2ccc3c(c2)C(=O)N(C2CCCCC2)C3=O)c(C)n1. The van der Waals surface area contributed by atoms with Gasteiger partial charge in [0.15, 0.2) is 0 Å². The fraction of sp³-hybridized carbons (Fsp3) is 0.391. The van der Waals surface area contributed by atoms with E-state index >= 15 is 0 Å². The van der Waals surface area contributed by atoms with Crippen LogP contribution in [-0.4, -0.2) is 33.6 Å². The molecule has 0 bridgehead atoms. The van der Waals surface area contributed by atoms with Crippen LogP contribution in [0.1, 0.15) is 80.1 Å². The molecule has 150 valence electrons. The van der Waals surface area contributed by atoms with Gasteiger partial charge in [0, 0.05) is 17.3 Å². The Morgan fingerprint density at radius 3 is 2.38 bits per heavy atom. The van der Waals surface area contributed by atoms with Gasteiger partial charge in [-0.05, 0) is 63.4 Å². The molecule has 0 unspecified atom stereocenters. The van der Waals surface area contributed by atoms with Crippen LogP contribution in [-0.2, 0) is 0 Å². The number of hydrogen-bond acceptors (Lipinski definition) is 4. The van der Waals surface area contributed by atoms with E-state index in [1.54, 1.807) is 18.2 Å². The molecule has 1 fully saturated rings. The average Bonchev–Trinajstić information content (AvgIpc) is 2.95. The molecule has 1 aromatic carbocycles. The van der Waals surface area contributed by atoms with Crippen LogP contribution in [0.3, 0.4) is 0 Å². The molecule has 3 amide bonds. The van der Waals surface area contributed by atoms with Crippen molar-refractivity contribution in [1.82, 2.24) is 9.88 Å². The van der Waals surface area contributed by atoms with Gasteiger partial charge in [-0.3, -0.25) is 24.3 Å². The maximum Gasteiger partial charge on any atom is 0.261 e. The number of nitrogens with zero attached hydrogens (tertiary/aromatic N) is 2. The highest BCUT2D eigenvalue weighted by molar-refractivity contribution is 6.22. The summed E-state index contributed by atoms with van der Waals surface area (Å²) in [5, 5.41) is 2.90. The molecule has 0 atom stereocenters. The van der Waals surface area contributed by atoms with Gasteiger partial charge >= 0.3 is 0 Å². The zero-order valence-electron chi connectivity index (χ0n) is 17.0. The van der Waals surface area contributed by atoms with E-state index in [1.807, 2.05) is 26.8 Å². The third-order valence-electron chi connectivity index (χ3n) is 5.88. The first-order valence-electron chi connectivity index (χ1n) is 10.1. The molecule has 1 aliphatic heterocycles. The second-order valence-corrected chi connectivity index (χ2v) is 8.03. The molecule has 2 aliphatic rings. The van der Waals surface area contributed by atoms with Crippen LogP contribution >= 0.6 is 0 Å². The number of carbonyl (C=O) groups excluding carboxylic acids is 3. The van der Waals surface area contributed by atoms with Gasteiger partial charge in [-0.25, -0.2) is 0 Å². The third kappa shape index (κ3) is 3.43. The lowest BCUT2D eigenvalue weighted by Gasteiger charge is -2.29. The molecule has 0 spiro atoms. The zero-order valence-corrected chi connectivity index (χ0v) is 17.0. The Labute approximate surface area is 170 Å². The molecule has 6 heteroatoms. The van der Waals surface area contributed by atoms with E-state index in [9.17, 15) is 14.4 Å². The second-order valence-electron chi connectivity index (χ2n) is 8.03. The van der Waals surface area contributed by atoms with Crippen molar-refractivity contribution in [1.29, 1.82) is 0 Å². The molecule has 6 nitrogen and oxygen atoms in total. The van der Waals surface area contributed by atoms with E-state index in [0.717, 1.165) is 49.1 Å². The molecule has 2 heterocycles. The summed E-state index contributed by atoms with van der Waals surface area (Å²) in [5.74, 6) is -0.838. The normalized spacial score (nSPS) is 16.9. The molecule has 0 saturated heterocycles. The molecular weight excluding hydrogens is 366 g/mol. The van der Waals surface area contributed by atoms with Gasteiger partial charge in [-0.15, -0.1) is 0 Å². The Morgan fingerprint density at radius 2 is 1.69 bits per heavy atom. The number of hydrogen-bond donors (Lipinski definition) is 1. The highest BCUT2D eigenvalue weighted by Gasteiger charge is 2.40. The van der Waals surface area contributed by atoms with Crippen LogP contribution in [0.2, 0.25) is 0 Å². The Hall–Kier alpha value is -3.02. The number of fused-ring (bicyclic) bond motifs is 1. The van der Waals surface area contributed by atoms with Gasteiger partial charge in [0.2, 0.25) is 0 Å². The highest BCUT2D eigenvalue weighted by atomic mass is 16.2. The first kappa shape index (κ1) is 19.3. The molecule has 4 rings (SSSR count). The molecule has 1 N–H and O–H groups in total. The summed E-state index contributed by atoms with van der Waals surface area (Å²) in [7, 11) is 0. The largest absolute Gasteiger partial charge is 0.320 e. The molecule has 1 aliphatic carbocycles. The van der Waals surface area contributed by atoms with E-state index in [0.29, 0.717) is 22.4 Å². The number of benzene rings is 1. The van der Waals surface area contributed by atoms with Crippen molar-refractivity contribution < 1.29 is 14.4 Å². The van der Waals surface area contributed by atoms with Crippen LogP contribution in [0.15, 0.2) is 24.3 Å². The van der Waals surface area contributed by atoms with Crippen molar-refractivity contribution in [3.63, 3.8) is 0 Å². The summed E-state index contributed by atoms with van der Waals surface area (Å²) in [5.41, 5.74) is 4.31. The number of pyridine rings is 1. The number of imide groups is 1. The average molecular weight is 391 g/mol. The minimum Gasteiger partial charge on any atom is -0.320 e. The predicted octanol–water partition coefficient (Wildman–Crippen LogP) is 4.19. The van der Waals surface area contributed by atoms with E-state index in [-0.39, 0.29) is 23.8 Å². The van der Waals surface area contributed by atoms with Crippen molar-refractivity contribution in [2.45, 2.75) is 58.9 Å². The van der Waals surface area contributed by atoms with E-state index < -0.39 is 0 Å². The smallest absolute Gasteiger partial charge is 0.261 e. The minimum absolute atomic E-state index is 0.0302. The molecular formula is C23H25N3O3. The van der Waals surface area contributed by atoms with Crippen molar-refractivity contribution in [3.05, 3.63) is 57.9 Å². The third-order valence-corrected chi connectivity index (χ3v) is 5.88. The number of amides is 3. The van der Waals surface area contributed by atoms with Crippen molar-refractivity contribution in [3.8, 4) is 0 Å². The summed E-state index contributed by atoms with van der Waals surface area (Å²) in [6.45, 7) is 5.68. The second kappa shape index (κ2) is 7.43. The van der Waals surface area contributed by atoms with Gasteiger partial charge in [-0.1, -0.05) is 19.3 Å². The zero-order chi connectivity index (χ0) is 20.7. The summed E-state index contributed by atoms with van der Waals surface area (Å²) in [4.78, 5) is 44.4. The van der Waals surface area contributed by atoms with Crippen LogP contribution in [0.4, 0.5) is 5.69 Å². The monoisotopic (exact) mass is 391 g/mol. The quantitative estimate of drug-likeness (QED) is 0.796. The first-order valence-corrected chi connectivity index (χ1v) is 10.1. The highest BCUT2D eigenvalue weighted by Crippen LogP contribution is 2.31. The summed E-state index contributed by atoms with van der Waals surface area (Å²) < 4.78 is 0. The van der Waals surface area contributed by atoms with E-state index in [2.05, 4.69) is 10.3 Å². The number of aromatic nitrogens is 1. The van der Waals surface area contributed by atoms with Crippen LogP contribution in [0.25, 0.3) is 0 Å². The van der Waals surface area contributed by atoms with Gasteiger partial charge in [-0.2, -0.15) is 0 Å². The molecule has 29 heavy (non-hydrogen) atoms. The predicted molar refractivity (Wildman–Crippen MR) is 110 cm³/mol. The van der Waals surface area contributed by atoms with Crippen molar-refractivity contribution in [2.24, 2.45) is 0 Å². The maximum absolute atomic E-state index is 12.9. The molecule has 2 aromatic rings. The van der Waals surface area contributed by atoms with Gasteiger partial charge in [0.25, 0.3) is 17.7 Å². The Bertz CT molecular complexity index is 999. The minimum atomic E-state index is -0.319. The number of aryl methyl sites for hydroxylation is 3. The van der Waals surface area contributed by atoms with Crippen LogP contribution < -0.4 is 5.32 Å². The number of rotatable bonds is 3. The maximum atomic E-state index is 12.9. The summed E-state index contributed by atoms with van der Waals surface area (Å²) >= 11 is 0. The number of carbonyl (C=O) groups is 3. The topological polar surface area (TPSA) is 79.4 Å². The number of nitrogens with one attached hydrogen (secondary N) is 1. The van der Waals surface area contributed by atoms with Crippen molar-refractivity contribution >= 4 is 23.4 Å². The molecule has 1 aromatic heterocycles. The van der Waals surface area contributed by atoms with Crippen LogP contribution in [0.5, 0.6) is 0 Å². The first-order chi connectivity index (χ1) is 13.9. The molecule has 1 saturated carbocycles. The molecule has 0 radical (unpaired) electrons. The van der Waals surface area contributed by atoms with Gasteiger partial charge in [0.05, 0.1) is 22.5 Å². The van der Waals surface area contributed by atoms with Gasteiger partial charge < -0.3 is 5.32 Å². The fourth-order valence-corrected chi connectivity index (χ4v) is 4.47. The summed E-state index contributed by atoms with van der Waals surface area (Å²) in [6, 6.07) is 6.63. The lowest BCUT2D eigenvalue weighted by Crippen LogP contribution is -2.40. The Morgan fingerprint density at radius 1 is 1.00 bits per heavy atom. The van der Waals surface area contributed by atoms with Crippen LogP contribution in [0, 0.1) is 20.8 Å². The lowest BCUT2D eigenvalue weighted by molar-refractivity contribution is 0.0549. The van der Waals surface area contributed by atoms with E-state index in [1.165, 1.54) is 4.90 Å². The Balaban J connectivity index is 1.60. The fourth-order valence-electron chi connectivity index (χ4n) is 4.47.